The Morgan fingerprint density at radius 1 is 1.24 bits per heavy atom. The third-order valence-corrected chi connectivity index (χ3v) is 5.00. The Balaban J connectivity index is 2.17. The summed E-state index contributed by atoms with van der Waals surface area (Å²) in [5.74, 6) is 0.609. The standard InChI is InChI=1S/C14H26O3/c1-10-5-6-12-11(14(10,4)7-8-15)9-16-13(2,3)17-12/h10-12,15H,5-9H2,1-4H3/t10-,11-,12+,14+/m0/s1. The highest BCUT2D eigenvalue weighted by atomic mass is 16.7. The predicted octanol–water partition coefficient (Wildman–Crippen LogP) is 2.57. The van der Waals surface area contributed by atoms with E-state index < -0.39 is 5.79 Å². The van der Waals surface area contributed by atoms with Gasteiger partial charge in [0.25, 0.3) is 0 Å². The molecule has 2 aliphatic rings. The molecular formula is C14H26O3. The number of aliphatic hydroxyl groups excluding tert-OH is 1. The molecule has 3 nitrogen and oxygen atoms in total. The molecule has 1 N–H and O–H groups in total. The maximum atomic E-state index is 9.31. The van der Waals surface area contributed by atoms with Crippen molar-refractivity contribution in [1.29, 1.82) is 0 Å². The largest absolute Gasteiger partial charge is 0.396 e. The van der Waals surface area contributed by atoms with Crippen LogP contribution in [0.3, 0.4) is 0 Å². The van der Waals surface area contributed by atoms with Gasteiger partial charge in [-0.15, -0.1) is 0 Å². The van der Waals surface area contributed by atoms with Gasteiger partial charge in [0.15, 0.2) is 5.79 Å². The highest BCUT2D eigenvalue weighted by molar-refractivity contribution is 4.97. The molecule has 0 aromatic heterocycles. The summed E-state index contributed by atoms with van der Waals surface area (Å²) < 4.78 is 11.9. The number of hydrogen-bond acceptors (Lipinski definition) is 3. The topological polar surface area (TPSA) is 38.7 Å². The molecule has 0 unspecified atom stereocenters. The predicted molar refractivity (Wildman–Crippen MR) is 66.6 cm³/mol. The second-order valence-electron chi connectivity index (χ2n) is 6.43. The van der Waals surface area contributed by atoms with Crippen LogP contribution in [-0.2, 0) is 9.47 Å². The second kappa shape index (κ2) is 4.52. The average molecular weight is 242 g/mol. The lowest BCUT2D eigenvalue weighted by Crippen LogP contribution is -2.55. The summed E-state index contributed by atoms with van der Waals surface area (Å²) in [5.41, 5.74) is 0.147. The highest BCUT2D eigenvalue weighted by Gasteiger charge is 2.50. The molecule has 0 bridgehead atoms. The molecule has 1 aliphatic carbocycles. The lowest BCUT2D eigenvalue weighted by molar-refractivity contribution is -0.318. The summed E-state index contributed by atoms with van der Waals surface area (Å²) in [4.78, 5) is 0. The van der Waals surface area contributed by atoms with Crippen molar-refractivity contribution in [3.63, 3.8) is 0 Å². The minimum atomic E-state index is -0.443. The van der Waals surface area contributed by atoms with E-state index in [9.17, 15) is 5.11 Å². The molecule has 2 fully saturated rings. The first-order valence-corrected chi connectivity index (χ1v) is 6.82. The van der Waals surface area contributed by atoms with Crippen molar-refractivity contribution in [3.8, 4) is 0 Å². The Kier molecular flexibility index (Phi) is 3.54. The van der Waals surface area contributed by atoms with Crippen LogP contribution >= 0.6 is 0 Å². The van der Waals surface area contributed by atoms with Crippen LogP contribution in [0.15, 0.2) is 0 Å². The van der Waals surface area contributed by atoms with Gasteiger partial charge >= 0.3 is 0 Å². The summed E-state index contributed by atoms with van der Waals surface area (Å²) in [6, 6.07) is 0. The van der Waals surface area contributed by atoms with Gasteiger partial charge in [0.1, 0.15) is 0 Å². The van der Waals surface area contributed by atoms with Crippen LogP contribution in [-0.4, -0.2) is 30.2 Å². The van der Waals surface area contributed by atoms with Crippen molar-refractivity contribution in [1.82, 2.24) is 0 Å². The molecule has 0 radical (unpaired) electrons. The van der Waals surface area contributed by atoms with Gasteiger partial charge in [0, 0.05) is 12.5 Å². The molecule has 17 heavy (non-hydrogen) atoms. The van der Waals surface area contributed by atoms with Crippen LogP contribution in [0.25, 0.3) is 0 Å². The van der Waals surface area contributed by atoms with Crippen LogP contribution in [0.4, 0.5) is 0 Å². The van der Waals surface area contributed by atoms with Crippen LogP contribution in [0.5, 0.6) is 0 Å². The van der Waals surface area contributed by atoms with Crippen LogP contribution in [0.1, 0.15) is 47.0 Å². The molecule has 100 valence electrons. The van der Waals surface area contributed by atoms with Gasteiger partial charge in [-0.3, -0.25) is 0 Å². The fourth-order valence-corrected chi connectivity index (χ4v) is 3.54. The van der Waals surface area contributed by atoms with E-state index in [0.29, 0.717) is 17.9 Å². The molecular weight excluding hydrogens is 216 g/mol. The molecule has 0 aromatic carbocycles. The van der Waals surface area contributed by atoms with Gasteiger partial charge in [-0.25, -0.2) is 0 Å². The number of aliphatic hydroxyl groups is 1. The van der Waals surface area contributed by atoms with Crippen molar-refractivity contribution in [2.24, 2.45) is 17.3 Å². The van der Waals surface area contributed by atoms with Crippen molar-refractivity contribution >= 4 is 0 Å². The van der Waals surface area contributed by atoms with Crippen molar-refractivity contribution in [3.05, 3.63) is 0 Å². The Hall–Kier alpha value is -0.120. The van der Waals surface area contributed by atoms with Gasteiger partial charge in [-0.05, 0) is 44.4 Å². The Bertz CT molecular complexity index is 277. The van der Waals surface area contributed by atoms with Crippen molar-refractivity contribution in [2.75, 3.05) is 13.2 Å². The number of hydrogen-bond donors (Lipinski definition) is 1. The Morgan fingerprint density at radius 3 is 2.59 bits per heavy atom. The number of rotatable bonds is 2. The molecule has 0 spiro atoms. The third kappa shape index (κ3) is 2.38. The van der Waals surface area contributed by atoms with E-state index in [4.69, 9.17) is 9.47 Å². The lowest BCUT2D eigenvalue weighted by Gasteiger charge is -2.54. The molecule has 1 aliphatic heterocycles. The Labute approximate surface area is 104 Å². The van der Waals surface area contributed by atoms with E-state index in [-0.39, 0.29) is 12.0 Å². The maximum absolute atomic E-state index is 9.31. The SMILES string of the molecule is C[C@H]1CC[C@H]2OC(C)(C)OC[C@@H]2[C@]1(C)CCO. The van der Waals surface area contributed by atoms with E-state index in [1.165, 1.54) is 6.42 Å². The highest BCUT2D eigenvalue weighted by Crippen LogP contribution is 2.51. The fraction of sp³-hybridized carbons (Fsp3) is 1.00. The van der Waals surface area contributed by atoms with Crippen LogP contribution in [0.2, 0.25) is 0 Å². The monoisotopic (exact) mass is 242 g/mol. The minimum absolute atomic E-state index is 0.147. The molecule has 0 aromatic rings. The zero-order valence-corrected chi connectivity index (χ0v) is 11.5. The average Bonchev–Trinajstić information content (AvgIpc) is 2.23. The first-order chi connectivity index (χ1) is 7.89. The summed E-state index contributed by atoms with van der Waals surface area (Å²) >= 11 is 0. The maximum Gasteiger partial charge on any atom is 0.163 e. The van der Waals surface area contributed by atoms with E-state index in [0.717, 1.165) is 19.4 Å². The number of ether oxygens (including phenoxy) is 2. The zero-order valence-electron chi connectivity index (χ0n) is 11.5. The summed E-state index contributed by atoms with van der Waals surface area (Å²) in [5, 5.41) is 9.31. The normalized spacial score (nSPS) is 45.4. The fourth-order valence-electron chi connectivity index (χ4n) is 3.54. The van der Waals surface area contributed by atoms with E-state index in [1.54, 1.807) is 0 Å². The third-order valence-electron chi connectivity index (χ3n) is 5.00. The zero-order chi connectivity index (χ0) is 12.7. The quantitative estimate of drug-likeness (QED) is 0.809. The first-order valence-electron chi connectivity index (χ1n) is 6.82. The smallest absolute Gasteiger partial charge is 0.163 e. The first kappa shape index (κ1) is 13.3. The van der Waals surface area contributed by atoms with Crippen molar-refractivity contribution in [2.45, 2.75) is 58.8 Å². The summed E-state index contributed by atoms with van der Waals surface area (Å²) in [7, 11) is 0. The molecule has 2 rings (SSSR count). The number of fused-ring (bicyclic) bond motifs is 1. The molecule has 0 amide bonds. The lowest BCUT2D eigenvalue weighted by atomic mass is 9.59. The van der Waals surface area contributed by atoms with E-state index >= 15 is 0 Å². The molecule has 1 heterocycles. The summed E-state index contributed by atoms with van der Waals surface area (Å²) in [6.07, 6.45) is 3.46. The molecule has 3 heteroatoms. The second-order valence-corrected chi connectivity index (χ2v) is 6.43. The summed E-state index contributed by atoms with van der Waals surface area (Å²) in [6.45, 7) is 9.59. The van der Waals surface area contributed by atoms with Crippen LogP contribution in [0, 0.1) is 17.3 Å². The van der Waals surface area contributed by atoms with Crippen molar-refractivity contribution < 1.29 is 14.6 Å². The van der Waals surface area contributed by atoms with Gasteiger partial charge in [-0.1, -0.05) is 13.8 Å². The van der Waals surface area contributed by atoms with Gasteiger partial charge < -0.3 is 14.6 Å². The molecule has 1 saturated heterocycles. The van der Waals surface area contributed by atoms with Gasteiger partial charge in [-0.2, -0.15) is 0 Å². The van der Waals surface area contributed by atoms with Gasteiger partial charge in [0.2, 0.25) is 0 Å². The van der Waals surface area contributed by atoms with E-state index in [1.807, 2.05) is 13.8 Å². The van der Waals surface area contributed by atoms with Gasteiger partial charge in [0.05, 0.1) is 12.7 Å². The molecule has 4 atom stereocenters. The molecule has 1 saturated carbocycles. The van der Waals surface area contributed by atoms with Crippen LogP contribution < -0.4 is 0 Å². The Morgan fingerprint density at radius 2 is 1.94 bits per heavy atom. The minimum Gasteiger partial charge on any atom is -0.396 e. The van der Waals surface area contributed by atoms with E-state index in [2.05, 4.69) is 13.8 Å².